The number of halogens is 3. The zero-order valence-corrected chi connectivity index (χ0v) is 23.2. The Bertz CT molecular complexity index is 1760. The molecule has 3 aromatic carbocycles. The smallest absolute Gasteiger partial charge is 0.264 e. The molecule has 4 aliphatic rings. The van der Waals surface area contributed by atoms with E-state index >= 15 is 0 Å². The Morgan fingerprint density at radius 3 is 2.34 bits per heavy atom. The van der Waals surface area contributed by atoms with E-state index in [0.29, 0.717) is 17.7 Å². The first kappa shape index (κ1) is 27.7. The summed E-state index contributed by atoms with van der Waals surface area (Å²) in [6, 6.07) is 14.2. The van der Waals surface area contributed by atoms with Crippen LogP contribution in [0.15, 0.2) is 93.8 Å². The third-order valence-corrected chi connectivity index (χ3v) is 8.40. The lowest BCUT2D eigenvalue weighted by Crippen LogP contribution is -2.45. The molecule has 3 heterocycles. The number of nitrogens with zero attached hydrogens (tertiary/aromatic N) is 6. The molecule has 1 saturated carbocycles. The summed E-state index contributed by atoms with van der Waals surface area (Å²) in [6.45, 7) is -0.404. The molecule has 1 saturated heterocycles. The minimum absolute atomic E-state index is 0.0720. The summed E-state index contributed by atoms with van der Waals surface area (Å²) in [7, 11) is 0. The van der Waals surface area contributed by atoms with Gasteiger partial charge in [-0.15, -0.1) is 0 Å². The van der Waals surface area contributed by atoms with Crippen LogP contribution in [0.25, 0.3) is 6.08 Å². The molecule has 222 valence electrons. The lowest BCUT2D eigenvalue weighted by molar-refractivity contribution is -0.136. The molecule has 4 atom stereocenters. The largest absolute Gasteiger partial charge is 0.271 e. The number of imide groups is 1. The number of hydrogen-bond donors (Lipinski definition) is 0. The lowest BCUT2D eigenvalue weighted by Gasteiger charge is -2.30. The third-order valence-electron chi connectivity index (χ3n) is 8.40. The molecular formula is C32H25F3N6O3. The Morgan fingerprint density at radius 1 is 0.886 bits per heavy atom. The van der Waals surface area contributed by atoms with Gasteiger partial charge in [-0.25, -0.2) is 23.1 Å². The second-order valence-electron chi connectivity index (χ2n) is 11.1. The fourth-order valence-corrected chi connectivity index (χ4v) is 6.40. The van der Waals surface area contributed by atoms with Gasteiger partial charge in [-0.3, -0.25) is 19.4 Å². The summed E-state index contributed by atoms with van der Waals surface area (Å²) < 4.78 is 41.3. The standard InChI is InChI=1S/C32H25F3N6O3/c33-21-11-7-18(8-12-21)15-20-3-1-6-25-27(20)37-41(29(25)19-9-13-22(34)14-10-19)26(42)17-39-30-28(36-38-39)31(43)40(32(30)44)24-5-2-4-23(35)16-24/h2,4-5,7-16,25,28-30H,1,3,6,17H2/b20-15+/t25-,28+,29-,30+/m1/s1. The van der Waals surface area contributed by atoms with Crippen molar-refractivity contribution < 1.29 is 27.6 Å². The number of carbonyl (C=O) groups is 3. The Balaban J connectivity index is 1.19. The highest BCUT2D eigenvalue weighted by Crippen LogP contribution is 2.45. The number of amides is 3. The molecule has 44 heavy (non-hydrogen) atoms. The van der Waals surface area contributed by atoms with Crippen LogP contribution >= 0.6 is 0 Å². The first-order chi connectivity index (χ1) is 21.3. The van der Waals surface area contributed by atoms with E-state index in [1.165, 1.54) is 52.5 Å². The predicted molar refractivity (Wildman–Crippen MR) is 153 cm³/mol. The summed E-state index contributed by atoms with van der Waals surface area (Å²) in [6.07, 6.45) is 4.20. The highest BCUT2D eigenvalue weighted by Gasteiger charge is 2.55. The van der Waals surface area contributed by atoms with E-state index in [9.17, 15) is 27.6 Å². The van der Waals surface area contributed by atoms with Gasteiger partial charge >= 0.3 is 0 Å². The third kappa shape index (κ3) is 4.76. The number of benzene rings is 3. The number of rotatable bonds is 5. The van der Waals surface area contributed by atoms with E-state index in [0.717, 1.165) is 34.9 Å². The summed E-state index contributed by atoms with van der Waals surface area (Å²) in [5, 5.41) is 15.3. The highest BCUT2D eigenvalue weighted by atomic mass is 19.1. The molecule has 0 spiro atoms. The SMILES string of the molecule is O=C1[C@H]2N=NN(CC(=O)N3N=C4/C(=C/c5ccc(F)cc5)CCC[C@H]4[C@H]3c3ccc(F)cc3)[C@@H]2C(=O)N1c1cccc(F)c1. The second-order valence-corrected chi connectivity index (χ2v) is 11.1. The number of hydrogen-bond acceptors (Lipinski definition) is 7. The van der Waals surface area contributed by atoms with Crippen molar-refractivity contribution in [2.75, 3.05) is 11.4 Å². The van der Waals surface area contributed by atoms with Crippen molar-refractivity contribution >= 4 is 35.2 Å². The topological polar surface area (TPSA) is 98.0 Å². The van der Waals surface area contributed by atoms with Crippen LogP contribution in [0.2, 0.25) is 0 Å². The van der Waals surface area contributed by atoms with Gasteiger partial charge in [0.2, 0.25) is 0 Å². The van der Waals surface area contributed by atoms with Crippen LogP contribution in [0, 0.1) is 23.4 Å². The predicted octanol–water partition coefficient (Wildman–Crippen LogP) is 5.22. The molecule has 0 bridgehead atoms. The quantitative estimate of drug-likeness (QED) is 0.376. The molecule has 7 rings (SSSR count). The Labute approximate surface area is 249 Å². The maximum Gasteiger partial charge on any atom is 0.264 e. The van der Waals surface area contributed by atoms with E-state index in [2.05, 4.69) is 10.3 Å². The summed E-state index contributed by atoms with van der Waals surface area (Å²) in [4.78, 5) is 41.3. The molecule has 0 N–H and O–H groups in total. The van der Waals surface area contributed by atoms with Crippen molar-refractivity contribution in [3.63, 3.8) is 0 Å². The molecule has 3 aromatic rings. The van der Waals surface area contributed by atoms with Gasteiger partial charge in [0.25, 0.3) is 17.7 Å². The van der Waals surface area contributed by atoms with Crippen molar-refractivity contribution in [1.29, 1.82) is 0 Å². The van der Waals surface area contributed by atoms with Crippen LogP contribution < -0.4 is 4.90 Å². The van der Waals surface area contributed by atoms with Gasteiger partial charge in [0, 0.05) is 5.92 Å². The summed E-state index contributed by atoms with van der Waals surface area (Å²) in [5.74, 6) is -3.36. The molecule has 0 unspecified atom stereocenters. The van der Waals surface area contributed by atoms with E-state index in [-0.39, 0.29) is 17.4 Å². The molecule has 9 nitrogen and oxygen atoms in total. The first-order valence-electron chi connectivity index (χ1n) is 14.2. The van der Waals surface area contributed by atoms with Gasteiger partial charge < -0.3 is 0 Å². The van der Waals surface area contributed by atoms with Gasteiger partial charge in [0.15, 0.2) is 12.1 Å². The van der Waals surface area contributed by atoms with Crippen LogP contribution in [0.5, 0.6) is 0 Å². The van der Waals surface area contributed by atoms with Crippen molar-refractivity contribution in [2.45, 2.75) is 37.4 Å². The van der Waals surface area contributed by atoms with E-state index in [4.69, 9.17) is 5.10 Å². The van der Waals surface area contributed by atoms with Crippen molar-refractivity contribution in [3.8, 4) is 0 Å². The molecule has 2 fully saturated rings. The molecule has 0 aromatic heterocycles. The molecular weight excluding hydrogens is 573 g/mol. The Hall–Kier alpha value is -5.13. The van der Waals surface area contributed by atoms with Crippen LogP contribution in [0.1, 0.15) is 36.4 Å². The minimum Gasteiger partial charge on any atom is -0.271 e. The zero-order valence-electron chi connectivity index (χ0n) is 23.2. The van der Waals surface area contributed by atoms with Gasteiger partial charge in [0.1, 0.15) is 24.0 Å². The summed E-state index contributed by atoms with van der Waals surface area (Å²) >= 11 is 0. The van der Waals surface area contributed by atoms with Gasteiger partial charge in [-0.1, -0.05) is 35.6 Å². The van der Waals surface area contributed by atoms with Crippen LogP contribution in [0.3, 0.4) is 0 Å². The molecule has 12 heteroatoms. The Morgan fingerprint density at radius 2 is 1.61 bits per heavy atom. The fraction of sp³-hybridized carbons (Fsp3) is 0.250. The van der Waals surface area contributed by atoms with Crippen LogP contribution in [0.4, 0.5) is 18.9 Å². The molecule has 3 aliphatic heterocycles. The monoisotopic (exact) mass is 598 g/mol. The molecule has 1 aliphatic carbocycles. The average molecular weight is 599 g/mol. The normalized spacial score (nSPS) is 25.1. The van der Waals surface area contributed by atoms with Gasteiger partial charge in [-0.2, -0.15) is 10.2 Å². The van der Waals surface area contributed by atoms with Crippen LogP contribution in [-0.4, -0.2) is 52.1 Å². The van der Waals surface area contributed by atoms with Crippen LogP contribution in [-0.2, 0) is 14.4 Å². The van der Waals surface area contributed by atoms with Gasteiger partial charge in [0.05, 0.1) is 17.4 Å². The first-order valence-corrected chi connectivity index (χ1v) is 14.2. The van der Waals surface area contributed by atoms with Crippen molar-refractivity contribution in [1.82, 2.24) is 10.0 Å². The minimum atomic E-state index is -1.16. The summed E-state index contributed by atoms with van der Waals surface area (Å²) in [5.41, 5.74) is 3.19. The number of allylic oxidation sites excluding steroid dienone is 1. The van der Waals surface area contributed by atoms with Crippen molar-refractivity contribution in [3.05, 3.63) is 107 Å². The van der Waals surface area contributed by atoms with Crippen molar-refractivity contribution in [2.24, 2.45) is 21.4 Å². The maximum atomic E-state index is 14.0. The maximum absolute atomic E-state index is 14.0. The van der Waals surface area contributed by atoms with E-state index in [1.807, 2.05) is 6.08 Å². The van der Waals surface area contributed by atoms with E-state index < -0.39 is 54.0 Å². The highest BCUT2D eigenvalue weighted by molar-refractivity contribution is 6.25. The lowest BCUT2D eigenvalue weighted by atomic mass is 9.77. The molecule has 0 radical (unpaired) electrons. The fourth-order valence-electron chi connectivity index (χ4n) is 6.40. The van der Waals surface area contributed by atoms with E-state index in [1.54, 1.807) is 24.3 Å². The zero-order chi connectivity index (χ0) is 30.5. The Kier molecular flexibility index (Phi) is 6.83. The number of anilines is 1. The number of fused-ring (bicyclic) bond motifs is 2. The number of carbonyl (C=O) groups excluding carboxylic acids is 3. The molecule has 3 amide bonds. The second kappa shape index (κ2) is 10.9. The van der Waals surface area contributed by atoms with Gasteiger partial charge in [-0.05, 0) is 84.5 Å². The average Bonchev–Trinajstić information content (AvgIpc) is 3.68. The number of hydrazone groups is 1.